The number of rotatable bonds is 13. The second kappa shape index (κ2) is 13.2. The Morgan fingerprint density at radius 2 is 1.73 bits per heavy atom. The van der Waals surface area contributed by atoms with E-state index in [2.05, 4.69) is 28.6 Å². The molecule has 0 bridgehead atoms. The summed E-state index contributed by atoms with van der Waals surface area (Å²) in [5, 5.41) is 23.6. The minimum absolute atomic E-state index is 0.0574. The van der Waals surface area contributed by atoms with Crippen LogP contribution in [0.2, 0.25) is 0 Å². The van der Waals surface area contributed by atoms with E-state index in [0.29, 0.717) is 32.2 Å². The molecular weight excluding hydrogens is 360 g/mol. The number of aliphatic carboxylic acids is 1. The summed E-state index contributed by atoms with van der Waals surface area (Å²) >= 11 is 3.90. The van der Waals surface area contributed by atoms with Crippen LogP contribution in [0.5, 0.6) is 0 Å². The number of carboxylic acid groups (broad SMARTS) is 1. The van der Waals surface area contributed by atoms with Gasteiger partial charge in [0, 0.05) is 12.3 Å². The third-order valence-corrected chi connectivity index (χ3v) is 3.99. The summed E-state index contributed by atoms with van der Waals surface area (Å²) in [6.45, 7) is 2.36. The van der Waals surface area contributed by atoms with Gasteiger partial charge in [-0.2, -0.15) is 12.6 Å². The zero-order chi connectivity index (χ0) is 20.1. The Morgan fingerprint density at radius 3 is 2.23 bits per heavy atom. The molecule has 0 aliphatic rings. The first-order valence-electron chi connectivity index (χ1n) is 8.50. The lowest BCUT2D eigenvalue weighted by Gasteiger charge is -2.22. The minimum Gasteiger partial charge on any atom is -0.480 e. The Labute approximate surface area is 158 Å². The number of carbonyl (C=O) groups is 3. The van der Waals surface area contributed by atoms with Crippen molar-refractivity contribution >= 4 is 36.4 Å². The molecule has 11 heteroatoms. The van der Waals surface area contributed by atoms with E-state index >= 15 is 0 Å². The fraction of sp³-hybridized carbons (Fsp3) is 0.733. The molecule has 0 aromatic heterocycles. The molecule has 0 aliphatic heterocycles. The van der Waals surface area contributed by atoms with Crippen LogP contribution in [0.3, 0.4) is 0 Å². The molecule has 3 atom stereocenters. The van der Waals surface area contributed by atoms with Crippen molar-refractivity contribution in [3.63, 3.8) is 0 Å². The maximum absolute atomic E-state index is 12.3. The van der Waals surface area contributed by atoms with E-state index in [4.69, 9.17) is 22.0 Å². The lowest BCUT2D eigenvalue weighted by Crippen LogP contribution is -2.54. The van der Waals surface area contributed by atoms with Gasteiger partial charge in [0.2, 0.25) is 11.8 Å². The number of thiol groups is 1. The second-order valence-corrected chi connectivity index (χ2v) is 6.24. The highest BCUT2D eigenvalue weighted by atomic mass is 32.1. The van der Waals surface area contributed by atoms with Crippen molar-refractivity contribution in [2.75, 3.05) is 12.3 Å². The van der Waals surface area contributed by atoms with Gasteiger partial charge in [0.1, 0.15) is 12.1 Å². The predicted molar refractivity (Wildman–Crippen MR) is 102 cm³/mol. The van der Waals surface area contributed by atoms with Crippen LogP contribution in [-0.4, -0.2) is 59.3 Å². The van der Waals surface area contributed by atoms with Gasteiger partial charge < -0.3 is 32.5 Å². The van der Waals surface area contributed by atoms with Crippen molar-refractivity contribution < 1.29 is 19.5 Å². The van der Waals surface area contributed by atoms with E-state index in [1.807, 2.05) is 6.92 Å². The summed E-state index contributed by atoms with van der Waals surface area (Å²) in [4.78, 5) is 35.5. The fourth-order valence-electron chi connectivity index (χ4n) is 2.09. The highest BCUT2D eigenvalue weighted by molar-refractivity contribution is 7.80. The maximum Gasteiger partial charge on any atom is 0.327 e. The highest BCUT2D eigenvalue weighted by Gasteiger charge is 2.26. The molecule has 0 saturated heterocycles. The number of carboxylic acids is 1. The van der Waals surface area contributed by atoms with Crippen LogP contribution < -0.4 is 27.4 Å². The number of amides is 2. The van der Waals surface area contributed by atoms with E-state index in [-0.39, 0.29) is 11.7 Å². The topological polar surface area (TPSA) is 183 Å². The quantitative estimate of drug-likeness (QED) is 0.0836. The molecule has 0 spiro atoms. The number of unbranched alkanes of at least 4 members (excludes halogenated alkanes) is 1. The monoisotopic (exact) mass is 390 g/mol. The van der Waals surface area contributed by atoms with Crippen LogP contribution >= 0.6 is 12.6 Å². The van der Waals surface area contributed by atoms with Gasteiger partial charge in [0.25, 0.3) is 0 Å². The standard InChI is InChI=1S/C15H30N6O4S/c1-2-3-6-10(13(23)21-11(8-26)14(24)25)20-12(22)9(16)5-4-7-19-15(17)18/h9-11,26H,2-8,16H2,1H3,(H,20,22)(H,21,23)(H,24,25)(H4,17,18,19)/t9-,10-,11-/m0/s1. The summed E-state index contributed by atoms with van der Waals surface area (Å²) in [5.41, 5.74) is 11.0. The number of nitrogens with one attached hydrogen (secondary N) is 4. The molecule has 0 rings (SSSR count). The predicted octanol–water partition coefficient (Wildman–Crippen LogP) is -1.25. The van der Waals surface area contributed by atoms with E-state index in [1.165, 1.54) is 0 Å². The van der Waals surface area contributed by atoms with E-state index < -0.39 is 35.9 Å². The molecule has 0 saturated carbocycles. The number of guanidine groups is 1. The van der Waals surface area contributed by atoms with Crippen LogP contribution in [-0.2, 0) is 14.4 Å². The van der Waals surface area contributed by atoms with E-state index in [9.17, 15) is 14.4 Å². The molecule has 150 valence electrons. The van der Waals surface area contributed by atoms with Gasteiger partial charge in [-0.25, -0.2) is 4.79 Å². The van der Waals surface area contributed by atoms with E-state index in [1.54, 1.807) is 0 Å². The fourth-order valence-corrected chi connectivity index (χ4v) is 2.34. The Kier molecular flexibility index (Phi) is 12.2. The Balaban J connectivity index is 4.66. The van der Waals surface area contributed by atoms with Crippen LogP contribution in [0.1, 0.15) is 39.0 Å². The molecule has 0 aromatic carbocycles. The van der Waals surface area contributed by atoms with Crippen LogP contribution in [0.25, 0.3) is 0 Å². The molecular formula is C15H30N6O4S. The smallest absolute Gasteiger partial charge is 0.327 e. The van der Waals surface area contributed by atoms with Crippen LogP contribution in [0.15, 0.2) is 0 Å². The van der Waals surface area contributed by atoms with Gasteiger partial charge in [0.05, 0.1) is 6.04 Å². The van der Waals surface area contributed by atoms with Crippen molar-refractivity contribution in [3.05, 3.63) is 0 Å². The summed E-state index contributed by atoms with van der Waals surface area (Å²) in [6.07, 6.45) is 2.76. The van der Waals surface area contributed by atoms with Crippen LogP contribution in [0, 0.1) is 5.41 Å². The molecule has 0 aromatic rings. The first-order valence-corrected chi connectivity index (χ1v) is 9.14. The van der Waals surface area contributed by atoms with Crippen molar-refractivity contribution in [1.82, 2.24) is 16.0 Å². The maximum atomic E-state index is 12.3. The average molecular weight is 391 g/mol. The Bertz CT molecular complexity index is 491. The molecule has 0 unspecified atom stereocenters. The highest BCUT2D eigenvalue weighted by Crippen LogP contribution is 2.04. The minimum atomic E-state index is -1.19. The largest absolute Gasteiger partial charge is 0.480 e. The average Bonchev–Trinajstić information content (AvgIpc) is 2.58. The van der Waals surface area contributed by atoms with Gasteiger partial charge in [-0.1, -0.05) is 19.8 Å². The van der Waals surface area contributed by atoms with Gasteiger partial charge in [-0.15, -0.1) is 0 Å². The molecule has 0 fully saturated rings. The van der Waals surface area contributed by atoms with Gasteiger partial charge in [-0.3, -0.25) is 15.0 Å². The summed E-state index contributed by atoms with van der Waals surface area (Å²) in [6, 6.07) is -2.80. The number of carbonyl (C=O) groups excluding carboxylic acids is 2. The molecule has 9 N–H and O–H groups in total. The number of hydrogen-bond acceptors (Lipinski definition) is 6. The zero-order valence-electron chi connectivity index (χ0n) is 15.0. The zero-order valence-corrected chi connectivity index (χ0v) is 15.9. The molecule has 2 amide bonds. The van der Waals surface area contributed by atoms with Gasteiger partial charge in [-0.05, 0) is 19.3 Å². The molecule has 0 radical (unpaired) electrons. The van der Waals surface area contributed by atoms with Crippen LogP contribution in [0.4, 0.5) is 0 Å². The van der Waals surface area contributed by atoms with Crippen molar-refractivity contribution in [1.29, 1.82) is 5.41 Å². The van der Waals surface area contributed by atoms with Gasteiger partial charge >= 0.3 is 5.97 Å². The second-order valence-electron chi connectivity index (χ2n) is 5.87. The molecule has 0 aliphatic carbocycles. The number of hydrogen-bond donors (Lipinski definition) is 8. The lowest BCUT2D eigenvalue weighted by molar-refractivity contribution is -0.141. The first kappa shape index (κ1) is 24.0. The Morgan fingerprint density at radius 1 is 1.12 bits per heavy atom. The van der Waals surface area contributed by atoms with Crippen molar-refractivity contribution in [3.8, 4) is 0 Å². The SMILES string of the molecule is CCCC[C@H](NC(=O)[C@@H](N)CCCNC(=N)N)C(=O)N[C@@H](CS)C(=O)O. The molecule has 0 heterocycles. The third kappa shape index (κ3) is 10.1. The number of nitrogens with two attached hydrogens (primary N) is 2. The third-order valence-electron chi connectivity index (χ3n) is 3.62. The molecule has 10 nitrogen and oxygen atoms in total. The van der Waals surface area contributed by atoms with Crippen molar-refractivity contribution in [2.45, 2.75) is 57.2 Å². The lowest BCUT2D eigenvalue weighted by atomic mass is 10.1. The molecule has 26 heavy (non-hydrogen) atoms. The first-order chi connectivity index (χ1) is 12.2. The summed E-state index contributed by atoms with van der Waals surface area (Å²) < 4.78 is 0. The summed E-state index contributed by atoms with van der Waals surface area (Å²) in [5.74, 6) is -2.46. The van der Waals surface area contributed by atoms with E-state index in [0.717, 1.165) is 6.42 Å². The Hall–Kier alpha value is -2.01. The normalized spacial score (nSPS) is 14.0. The van der Waals surface area contributed by atoms with Gasteiger partial charge in [0.15, 0.2) is 5.96 Å². The van der Waals surface area contributed by atoms with Crippen molar-refractivity contribution in [2.24, 2.45) is 11.5 Å². The summed E-state index contributed by atoms with van der Waals surface area (Å²) in [7, 11) is 0.